The molecule has 3 rings (SSSR count). The molecule has 0 amide bonds. The topological polar surface area (TPSA) is 61.8 Å². The zero-order valence-corrected chi connectivity index (χ0v) is 17.6. The van der Waals surface area contributed by atoms with E-state index in [-0.39, 0.29) is 0 Å². The molecule has 160 valence electrons. The Kier molecular flexibility index (Phi) is 7.38. The molecule has 0 aliphatic heterocycles. The van der Waals surface area contributed by atoms with Gasteiger partial charge in [0.05, 0.1) is 0 Å². The SMILES string of the molecule is C=CC(=O)O/C=C\Oc1ccc(-c2ccc(-c3ccc(OC(=O)C=C)cc3)cc2)cc1C. The molecular weight excluding hydrogens is 404 g/mol. The maximum Gasteiger partial charge on any atom is 0.335 e. The number of rotatable bonds is 8. The van der Waals surface area contributed by atoms with Gasteiger partial charge in [-0.25, -0.2) is 9.59 Å². The summed E-state index contributed by atoms with van der Waals surface area (Å²) in [6.45, 7) is 8.65. The highest BCUT2D eigenvalue weighted by atomic mass is 16.5. The number of esters is 2. The summed E-state index contributed by atoms with van der Waals surface area (Å²) in [6, 6.07) is 21.3. The minimum Gasteiger partial charge on any atom is -0.462 e. The molecule has 0 saturated carbocycles. The third-order valence-corrected chi connectivity index (χ3v) is 4.57. The van der Waals surface area contributed by atoms with Crippen molar-refractivity contribution in [2.24, 2.45) is 0 Å². The highest BCUT2D eigenvalue weighted by Crippen LogP contribution is 2.29. The first kappa shape index (κ1) is 22.3. The number of carbonyl (C=O) groups excluding carboxylic acids is 2. The minimum absolute atomic E-state index is 0.474. The van der Waals surface area contributed by atoms with Gasteiger partial charge in [-0.2, -0.15) is 0 Å². The first-order chi connectivity index (χ1) is 15.5. The Labute approximate surface area is 186 Å². The summed E-state index contributed by atoms with van der Waals surface area (Å²) in [7, 11) is 0. The van der Waals surface area contributed by atoms with Crippen LogP contribution in [0.2, 0.25) is 0 Å². The van der Waals surface area contributed by atoms with Gasteiger partial charge in [0.15, 0.2) is 0 Å². The van der Waals surface area contributed by atoms with Gasteiger partial charge in [-0.1, -0.05) is 55.6 Å². The molecule has 5 heteroatoms. The summed E-state index contributed by atoms with van der Waals surface area (Å²) in [5.41, 5.74) is 5.12. The van der Waals surface area contributed by atoms with Crippen LogP contribution < -0.4 is 9.47 Å². The molecule has 0 atom stereocenters. The lowest BCUT2D eigenvalue weighted by molar-refractivity contribution is -0.132. The molecule has 0 spiro atoms. The van der Waals surface area contributed by atoms with Crippen molar-refractivity contribution in [1.29, 1.82) is 0 Å². The van der Waals surface area contributed by atoms with E-state index in [0.29, 0.717) is 11.5 Å². The van der Waals surface area contributed by atoms with Crippen LogP contribution in [0.5, 0.6) is 11.5 Å². The van der Waals surface area contributed by atoms with Crippen molar-refractivity contribution < 1.29 is 23.8 Å². The molecule has 0 bridgehead atoms. The van der Waals surface area contributed by atoms with E-state index in [4.69, 9.17) is 14.2 Å². The third-order valence-electron chi connectivity index (χ3n) is 4.57. The summed E-state index contributed by atoms with van der Waals surface area (Å²) >= 11 is 0. The van der Waals surface area contributed by atoms with Gasteiger partial charge in [0.1, 0.15) is 24.0 Å². The average molecular weight is 426 g/mol. The van der Waals surface area contributed by atoms with E-state index in [1.54, 1.807) is 12.1 Å². The van der Waals surface area contributed by atoms with Gasteiger partial charge in [0, 0.05) is 12.2 Å². The summed E-state index contributed by atoms with van der Waals surface area (Å²) in [6.07, 6.45) is 4.68. The smallest absolute Gasteiger partial charge is 0.335 e. The molecule has 0 aliphatic rings. The molecule has 0 heterocycles. The van der Waals surface area contributed by atoms with Gasteiger partial charge >= 0.3 is 11.9 Å². The fourth-order valence-corrected chi connectivity index (χ4v) is 2.93. The van der Waals surface area contributed by atoms with Crippen molar-refractivity contribution in [3.05, 3.63) is 110 Å². The highest BCUT2D eigenvalue weighted by Gasteiger charge is 2.05. The Bertz CT molecular complexity index is 1160. The normalized spacial score (nSPS) is 10.4. The highest BCUT2D eigenvalue weighted by molar-refractivity contribution is 5.83. The second-order valence-corrected chi connectivity index (χ2v) is 6.74. The van der Waals surface area contributed by atoms with Gasteiger partial charge in [-0.3, -0.25) is 0 Å². The molecule has 0 unspecified atom stereocenters. The standard InChI is InChI=1S/C27H22O5/c1-4-26(28)31-17-16-30-25-15-12-23(18-19(25)3)22-8-6-20(7-9-22)21-10-13-24(14-11-21)32-27(29)5-2/h4-18H,1-2H2,3H3/b17-16-. The molecule has 0 aromatic heterocycles. The molecule has 0 saturated heterocycles. The first-order valence-electron chi connectivity index (χ1n) is 9.80. The fourth-order valence-electron chi connectivity index (χ4n) is 2.93. The van der Waals surface area contributed by atoms with E-state index in [0.717, 1.165) is 40.0 Å². The van der Waals surface area contributed by atoms with Crippen molar-refractivity contribution in [2.45, 2.75) is 6.92 Å². The Morgan fingerprint density at radius 3 is 1.81 bits per heavy atom. The average Bonchev–Trinajstić information content (AvgIpc) is 2.83. The minimum atomic E-state index is -0.549. The lowest BCUT2D eigenvalue weighted by Gasteiger charge is -2.09. The van der Waals surface area contributed by atoms with E-state index < -0.39 is 11.9 Å². The predicted molar refractivity (Wildman–Crippen MR) is 124 cm³/mol. The van der Waals surface area contributed by atoms with Crippen LogP contribution in [0.4, 0.5) is 0 Å². The maximum absolute atomic E-state index is 11.3. The van der Waals surface area contributed by atoms with E-state index in [1.165, 1.54) is 12.5 Å². The molecule has 3 aromatic rings. The van der Waals surface area contributed by atoms with Crippen molar-refractivity contribution >= 4 is 11.9 Å². The lowest BCUT2D eigenvalue weighted by Crippen LogP contribution is -2.02. The number of hydrogen-bond donors (Lipinski definition) is 0. The fraction of sp³-hybridized carbons (Fsp3) is 0.0370. The van der Waals surface area contributed by atoms with Crippen LogP contribution in [-0.2, 0) is 14.3 Å². The van der Waals surface area contributed by atoms with Gasteiger partial charge in [-0.05, 0) is 59.0 Å². The van der Waals surface area contributed by atoms with Crippen LogP contribution in [0.1, 0.15) is 5.56 Å². The van der Waals surface area contributed by atoms with Crippen molar-refractivity contribution in [2.75, 3.05) is 0 Å². The summed E-state index contributed by atoms with van der Waals surface area (Å²) < 4.78 is 15.3. The van der Waals surface area contributed by atoms with E-state index in [9.17, 15) is 9.59 Å². The van der Waals surface area contributed by atoms with Crippen LogP contribution in [0.3, 0.4) is 0 Å². The van der Waals surface area contributed by atoms with E-state index >= 15 is 0 Å². The quantitative estimate of drug-likeness (QED) is 0.191. The Morgan fingerprint density at radius 2 is 1.25 bits per heavy atom. The number of benzene rings is 3. The predicted octanol–water partition coefficient (Wildman–Crippen LogP) is 6.00. The number of ether oxygens (including phenoxy) is 3. The number of carbonyl (C=O) groups is 2. The molecule has 0 fully saturated rings. The largest absolute Gasteiger partial charge is 0.462 e. The number of aryl methyl sites for hydroxylation is 1. The summed E-state index contributed by atoms with van der Waals surface area (Å²) in [4.78, 5) is 22.3. The van der Waals surface area contributed by atoms with Crippen LogP contribution in [0.25, 0.3) is 22.3 Å². The van der Waals surface area contributed by atoms with Gasteiger partial charge in [0.25, 0.3) is 0 Å². The molecule has 0 aliphatic carbocycles. The van der Waals surface area contributed by atoms with Gasteiger partial charge in [-0.15, -0.1) is 0 Å². The van der Waals surface area contributed by atoms with E-state index in [1.807, 2.05) is 61.5 Å². The third kappa shape index (κ3) is 5.83. The summed E-state index contributed by atoms with van der Waals surface area (Å²) in [5.74, 6) is 0.101. The van der Waals surface area contributed by atoms with Crippen LogP contribution in [0, 0.1) is 6.92 Å². The van der Waals surface area contributed by atoms with Crippen molar-refractivity contribution in [3.8, 4) is 33.8 Å². The number of hydrogen-bond acceptors (Lipinski definition) is 5. The Hall–Kier alpha value is -4.38. The zero-order chi connectivity index (χ0) is 22.9. The first-order valence-corrected chi connectivity index (χ1v) is 9.80. The van der Waals surface area contributed by atoms with Crippen molar-refractivity contribution in [3.63, 3.8) is 0 Å². The maximum atomic E-state index is 11.3. The monoisotopic (exact) mass is 426 g/mol. The molecule has 5 nitrogen and oxygen atoms in total. The Morgan fingerprint density at radius 1 is 0.719 bits per heavy atom. The molecule has 32 heavy (non-hydrogen) atoms. The van der Waals surface area contributed by atoms with Crippen LogP contribution >= 0.6 is 0 Å². The van der Waals surface area contributed by atoms with E-state index in [2.05, 4.69) is 13.2 Å². The Balaban J connectivity index is 1.68. The van der Waals surface area contributed by atoms with Crippen molar-refractivity contribution in [1.82, 2.24) is 0 Å². The zero-order valence-electron chi connectivity index (χ0n) is 17.6. The summed E-state index contributed by atoms with van der Waals surface area (Å²) in [5, 5.41) is 0. The second-order valence-electron chi connectivity index (χ2n) is 6.74. The second kappa shape index (κ2) is 10.6. The van der Waals surface area contributed by atoms with Crippen LogP contribution in [0.15, 0.2) is 105 Å². The molecule has 0 radical (unpaired) electrons. The van der Waals surface area contributed by atoms with Crippen LogP contribution in [-0.4, -0.2) is 11.9 Å². The molecular formula is C27H22O5. The molecule has 3 aromatic carbocycles. The molecule has 0 N–H and O–H groups in total. The van der Waals surface area contributed by atoms with Gasteiger partial charge < -0.3 is 14.2 Å². The lowest BCUT2D eigenvalue weighted by atomic mass is 9.99. The van der Waals surface area contributed by atoms with Gasteiger partial charge in [0.2, 0.25) is 0 Å².